The molecule has 0 atom stereocenters. The van der Waals surface area contributed by atoms with Gasteiger partial charge in [0.15, 0.2) is 0 Å². The highest BCUT2D eigenvalue weighted by Gasteiger charge is 2.09. The summed E-state index contributed by atoms with van der Waals surface area (Å²) in [6.45, 7) is 1.66. The molecule has 0 heterocycles. The molecule has 3 rings (SSSR count). The van der Waals surface area contributed by atoms with Gasteiger partial charge < -0.3 is 14.8 Å². The lowest BCUT2D eigenvalue weighted by Gasteiger charge is -2.06. The van der Waals surface area contributed by atoms with Crippen LogP contribution in [0.1, 0.15) is 31.8 Å². The summed E-state index contributed by atoms with van der Waals surface area (Å²) in [5.74, 6) is -0.360. The minimum absolute atomic E-state index is 0.219. The third-order valence-electron chi connectivity index (χ3n) is 4.49. The molecule has 168 valence electrons. The highest BCUT2D eigenvalue weighted by atomic mass is 16.5. The van der Waals surface area contributed by atoms with Crippen LogP contribution in [0.2, 0.25) is 0 Å². The molecule has 8 nitrogen and oxygen atoms in total. The van der Waals surface area contributed by atoms with E-state index < -0.39 is 11.9 Å². The van der Waals surface area contributed by atoms with Crippen LogP contribution in [-0.4, -0.2) is 37.7 Å². The van der Waals surface area contributed by atoms with E-state index in [0.29, 0.717) is 28.2 Å². The van der Waals surface area contributed by atoms with Gasteiger partial charge >= 0.3 is 5.97 Å². The molecule has 8 heteroatoms. The van der Waals surface area contributed by atoms with Crippen LogP contribution in [0.15, 0.2) is 77.9 Å². The summed E-state index contributed by atoms with van der Waals surface area (Å²) in [6.07, 6.45) is 1.41. The Morgan fingerprint density at radius 3 is 2.39 bits per heavy atom. The fraction of sp³-hybridized carbons (Fsp3) is 0.120. The van der Waals surface area contributed by atoms with Gasteiger partial charge in [0.1, 0.15) is 11.5 Å². The smallest absolute Gasteiger partial charge is 0.343 e. The summed E-state index contributed by atoms with van der Waals surface area (Å²) < 4.78 is 10.5. The average molecular weight is 445 g/mol. The van der Waals surface area contributed by atoms with Crippen LogP contribution >= 0.6 is 0 Å². The first kappa shape index (κ1) is 23.2. The summed E-state index contributed by atoms with van der Waals surface area (Å²) in [5, 5.41) is 6.41. The first-order valence-electron chi connectivity index (χ1n) is 10.1. The van der Waals surface area contributed by atoms with Gasteiger partial charge in [-0.2, -0.15) is 5.10 Å². The third-order valence-corrected chi connectivity index (χ3v) is 4.49. The number of carbonyl (C=O) groups excluding carboxylic acids is 3. The molecule has 2 amide bonds. The lowest BCUT2D eigenvalue weighted by atomic mass is 10.1. The topological polar surface area (TPSA) is 106 Å². The Labute approximate surface area is 191 Å². The van der Waals surface area contributed by atoms with Crippen LogP contribution in [0.4, 0.5) is 0 Å². The Bertz CT molecular complexity index is 1170. The van der Waals surface area contributed by atoms with Gasteiger partial charge in [0.2, 0.25) is 0 Å². The molecule has 0 aromatic heterocycles. The second-order valence-electron chi connectivity index (χ2n) is 7.04. The van der Waals surface area contributed by atoms with Crippen molar-refractivity contribution in [2.24, 2.45) is 5.10 Å². The molecule has 33 heavy (non-hydrogen) atoms. The fourth-order valence-electron chi connectivity index (χ4n) is 2.82. The quantitative estimate of drug-likeness (QED) is 0.240. The summed E-state index contributed by atoms with van der Waals surface area (Å²) in [4.78, 5) is 36.3. The largest absolute Gasteiger partial charge is 0.497 e. The molecule has 3 aromatic carbocycles. The van der Waals surface area contributed by atoms with E-state index in [1.165, 1.54) is 6.21 Å². The molecule has 2 N–H and O–H groups in total. The molecule has 0 bridgehead atoms. The van der Waals surface area contributed by atoms with Crippen molar-refractivity contribution in [3.63, 3.8) is 0 Å². The van der Waals surface area contributed by atoms with Gasteiger partial charge in [0.05, 0.1) is 25.4 Å². The van der Waals surface area contributed by atoms with Crippen molar-refractivity contribution in [2.45, 2.75) is 6.92 Å². The van der Waals surface area contributed by atoms with Gasteiger partial charge in [-0.15, -0.1) is 0 Å². The molecule has 0 spiro atoms. The van der Waals surface area contributed by atoms with E-state index in [-0.39, 0.29) is 12.5 Å². The number of rotatable bonds is 8. The van der Waals surface area contributed by atoms with Crippen molar-refractivity contribution in [1.29, 1.82) is 0 Å². The predicted molar refractivity (Wildman–Crippen MR) is 124 cm³/mol. The summed E-state index contributed by atoms with van der Waals surface area (Å²) in [7, 11) is 1.55. The van der Waals surface area contributed by atoms with Gasteiger partial charge in [-0.25, -0.2) is 10.2 Å². The molecule has 0 aliphatic heterocycles. The first-order chi connectivity index (χ1) is 15.9. The molecule has 3 aromatic rings. The lowest BCUT2D eigenvalue weighted by Crippen LogP contribution is -2.34. The Hall–Kier alpha value is -4.46. The molecule has 0 aliphatic rings. The zero-order valence-corrected chi connectivity index (χ0v) is 18.2. The highest BCUT2D eigenvalue weighted by molar-refractivity contribution is 5.96. The lowest BCUT2D eigenvalue weighted by molar-refractivity contribution is -0.120. The molecule has 0 unspecified atom stereocenters. The number of hydrogen-bond donors (Lipinski definition) is 2. The van der Waals surface area contributed by atoms with Gasteiger partial charge in [-0.3, -0.25) is 9.59 Å². The zero-order chi connectivity index (χ0) is 23.6. The Kier molecular flexibility index (Phi) is 7.91. The van der Waals surface area contributed by atoms with Crippen LogP contribution in [0.25, 0.3) is 0 Å². The van der Waals surface area contributed by atoms with E-state index in [0.717, 1.165) is 5.56 Å². The Morgan fingerprint density at radius 1 is 0.909 bits per heavy atom. The maximum absolute atomic E-state index is 12.3. The van der Waals surface area contributed by atoms with Gasteiger partial charge in [0, 0.05) is 5.56 Å². The van der Waals surface area contributed by atoms with Gasteiger partial charge in [-0.05, 0) is 61.0 Å². The van der Waals surface area contributed by atoms with Crippen LogP contribution in [0.3, 0.4) is 0 Å². The van der Waals surface area contributed by atoms with E-state index in [1.54, 1.807) is 73.8 Å². The van der Waals surface area contributed by atoms with Crippen LogP contribution in [0.5, 0.6) is 11.5 Å². The van der Waals surface area contributed by atoms with E-state index in [9.17, 15) is 14.4 Å². The minimum Gasteiger partial charge on any atom is -0.497 e. The number of ether oxygens (including phenoxy) is 2. The van der Waals surface area contributed by atoms with Crippen LogP contribution in [-0.2, 0) is 4.79 Å². The number of aryl methyl sites for hydroxylation is 1. The fourth-order valence-corrected chi connectivity index (χ4v) is 2.82. The molecule has 0 aliphatic carbocycles. The second kappa shape index (κ2) is 11.2. The summed E-state index contributed by atoms with van der Waals surface area (Å²) in [6, 6.07) is 20.3. The number of methoxy groups -OCH3 is 1. The Balaban J connectivity index is 1.49. The molecule has 0 fully saturated rings. The molecular weight excluding hydrogens is 422 g/mol. The van der Waals surface area contributed by atoms with Crippen LogP contribution in [0, 0.1) is 6.92 Å². The number of esters is 1. The van der Waals surface area contributed by atoms with E-state index in [1.807, 2.05) is 13.0 Å². The summed E-state index contributed by atoms with van der Waals surface area (Å²) in [5.41, 5.74) is 4.77. The standard InChI is InChI=1S/C25H23N3O5/c1-17-5-3-7-20(13-17)24(30)26-16-23(29)28-27-15-18-6-4-8-22(14-18)33-25(31)19-9-11-21(32-2)12-10-19/h3-15H,16H2,1-2H3,(H,26,30)(H,28,29)/b27-15-. The maximum Gasteiger partial charge on any atom is 0.343 e. The van der Waals surface area contributed by atoms with E-state index in [2.05, 4.69) is 15.8 Å². The number of nitrogens with zero attached hydrogens (tertiary/aromatic N) is 1. The molecule has 0 radical (unpaired) electrons. The molecule has 0 saturated carbocycles. The number of hydrogen-bond acceptors (Lipinski definition) is 6. The number of nitrogens with one attached hydrogen (secondary N) is 2. The monoisotopic (exact) mass is 445 g/mol. The summed E-state index contributed by atoms with van der Waals surface area (Å²) >= 11 is 0. The van der Waals surface area contributed by atoms with Crippen molar-refractivity contribution in [2.75, 3.05) is 13.7 Å². The molecular formula is C25H23N3O5. The van der Waals surface area contributed by atoms with Gasteiger partial charge in [0.25, 0.3) is 11.8 Å². The molecule has 0 saturated heterocycles. The van der Waals surface area contributed by atoms with Crippen molar-refractivity contribution < 1.29 is 23.9 Å². The van der Waals surface area contributed by atoms with Crippen molar-refractivity contribution in [1.82, 2.24) is 10.7 Å². The number of hydrazone groups is 1. The van der Waals surface area contributed by atoms with Crippen molar-refractivity contribution in [3.05, 3.63) is 95.1 Å². The number of carbonyl (C=O) groups is 3. The van der Waals surface area contributed by atoms with Crippen molar-refractivity contribution in [3.8, 4) is 11.5 Å². The number of amides is 2. The third kappa shape index (κ3) is 7.03. The average Bonchev–Trinajstić information content (AvgIpc) is 2.83. The number of benzene rings is 3. The predicted octanol–water partition coefficient (Wildman–Crippen LogP) is 3.10. The van der Waals surface area contributed by atoms with E-state index in [4.69, 9.17) is 9.47 Å². The van der Waals surface area contributed by atoms with Crippen molar-refractivity contribution >= 4 is 24.0 Å². The van der Waals surface area contributed by atoms with Crippen LogP contribution < -0.4 is 20.2 Å². The zero-order valence-electron chi connectivity index (χ0n) is 18.2. The first-order valence-corrected chi connectivity index (χ1v) is 10.1. The maximum atomic E-state index is 12.3. The SMILES string of the molecule is COc1ccc(C(=O)Oc2cccc(/C=N\NC(=O)CNC(=O)c3cccc(C)c3)c2)cc1. The highest BCUT2D eigenvalue weighted by Crippen LogP contribution is 2.16. The minimum atomic E-state index is -0.510. The van der Waals surface area contributed by atoms with Gasteiger partial charge in [-0.1, -0.05) is 29.8 Å². The Morgan fingerprint density at radius 2 is 1.67 bits per heavy atom. The second-order valence-corrected chi connectivity index (χ2v) is 7.04. The van der Waals surface area contributed by atoms with E-state index >= 15 is 0 Å². The normalized spacial score (nSPS) is 10.5.